The quantitative estimate of drug-likeness (QED) is 0.635. The maximum atomic E-state index is 8.56. The molecule has 0 aliphatic heterocycles. The van der Waals surface area contributed by atoms with Gasteiger partial charge in [0.25, 0.3) is 0 Å². The molecule has 0 aromatic rings. The van der Waals surface area contributed by atoms with Crippen LogP contribution in [0.25, 0.3) is 0 Å². The summed E-state index contributed by atoms with van der Waals surface area (Å²) < 4.78 is 0. The van der Waals surface area contributed by atoms with Crippen molar-refractivity contribution in [3.05, 3.63) is 24.3 Å². The number of hydrogen-bond acceptors (Lipinski definition) is 1. The van der Waals surface area contributed by atoms with Crippen molar-refractivity contribution < 1.29 is 15.0 Å². The van der Waals surface area contributed by atoms with Crippen LogP contribution in [0.3, 0.4) is 0 Å². The number of carbonyl (C=O) groups is 1. The molecule has 3 nitrogen and oxygen atoms in total. The lowest BCUT2D eigenvalue weighted by molar-refractivity contribution is 0.137. The number of carboxylic acid groups (broad SMARTS) is 2. The van der Waals surface area contributed by atoms with Crippen LogP contribution in [-0.4, -0.2) is 16.4 Å². The van der Waals surface area contributed by atoms with Gasteiger partial charge in [0.1, 0.15) is 0 Å². The van der Waals surface area contributed by atoms with Crippen molar-refractivity contribution in [3.63, 3.8) is 0 Å². The molecule has 1 aliphatic carbocycles. The van der Waals surface area contributed by atoms with E-state index in [0.29, 0.717) is 5.92 Å². The molecule has 2 N–H and O–H groups in total. The molecule has 0 bridgehead atoms. The molecule has 0 spiro atoms. The van der Waals surface area contributed by atoms with Gasteiger partial charge < -0.3 is 10.2 Å². The van der Waals surface area contributed by atoms with E-state index >= 15 is 0 Å². The molecule has 2 unspecified atom stereocenters. The van der Waals surface area contributed by atoms with E-state index in [-0.39, 0.29) is 0 Å². The largest absolute Gasteiger partial charge is 0.503 e. The molecule has 2 atom stereocenters. The summed E-state index contributed by atoms with van der Waals surface area (Å²) in [5, 5.41) is 13.9. The van der Waals surface area contributed by atoms with Crippen molar-refractivity contribution in [2.24, 2.45) is 11.8 Å². The number of allylic oxidation sites excluding steroid dienone is 2. The van der Waals surface area contributed by atoms with E-state index in [1.54, 1.807) is 0 Å². The van der Waals surface area contributed by atoms with Crippen LogP contribution in [0.15, 0.2) is 24.3 Å². The standard InChI is InChI=1S/C10H16.CH2O3/c1-7(2)10-6-5-8(3)9(10)4;2-1(3)4/h8,10H,1,4-6H2,2-3H3;(H2,2,3,4). The van der Waals surface area contributed by atoms with Crippen molar-refractivity contribution in [2.45, 2.75) is 26.7 Å². The third-order valence-electron chi connectivity index (χ3n) is 2.56. The molecular weight excluding hydrogens is 180 g/mol. The smallest absolute Gasteiger partial charge is 0.450 e. The van der Waals surface area contributed by atoms with E-state index in [1.807, 2.05) is 0 Å². The van der Waals surface area contributed by atoms with Crippen LogP contribution in [0.2, 0.25) is 0 Å². The Balaban J connectivity index is 0.000000364. The molecule has 1 fully saturated rings. The molecule has 0 aromatic heterocycles. The molecule has 0 aromatic carbocycles. The van der Waals surface area contributed by atoms with Gasteiger partial charge in [-0.15, -0.1) is 0 Å². The highest BCUT2D eigenvalue weighted by Gasteiger charge is 2.25. The van der Waals surface area contributed by atoms with E-state index in [0.717, 1.165) is 5.92 Å². The van der Waals surface area contributed by atoms with E-state index < -0.39 is 6.16 Å². The first-order chi connectivity index (χ1) is 6.36. The Hall–Kier alpha value is -1.25. The average Bonchev–Trinajstić information content (AvgIpc) is 2.31. The third kappa shape index (κ3) is 4.12. The summed E-state index contributed by atoms with van der Waals surface area (Å²) in [5.41, 5.74) is 2.68. The molecule has 1 rings (SSSR count). The molecule has 0 saturated heterocycles. The molecule has 0 radical (unpaired) electrons. The Kier molecular flexibility index (Phi) is 4.99. The Bertz CT molecular complexity index is 239. The first kappa shape index (κ1) is 12.8. The lowest BCUT2D eigenvalue weighted by atomic mass is 9.94. The summed E-state index contributed by atoms with van der Waals surface area (Å²) in [5.74, 6) is 1.34. The lowest BCUT2D eigenvalue weighted by Crippen LogP contribution is -1.98. The second-order valence-electron chi connectivity index (χ2n) is 3.73. The molecule has 0 heterocycles. The molecule has 80 valence electrons. The van der Waals surface area contributed by atoms with Crippen molar-refractivity contribution >= 4 is 6.16 Å². The van der Waals surface area contributed by atoms with Crippen LogP contribution in [0.4, 0.5) is 4.79 Å². The maximum absolute atomic E-state index is 8.56. The average molecular weight is 198 g/mol. The first-order valence-corrected chi connectivity index (χ1v) is 4.62. The normalized spacial score (nSPS) is 25.1. The fraction of sp³-hybridized carbons (Fsp3) is 0.545. The highest BCUT2D eigenvalue weighted by molar-refractivity contribution is 5.53. The SMILES string of the molecule is C=C(C)C1CCC(C)C1=C.O=C(O)O. The Morgan fingerprint density at radius 1 is 1.43 bits per heavy atom. The van der Waals surface area contributed by atoms with Gasteiger partial charge in [0.05, 0.1) is 0 Å². The van der Waals surface area contributed by atoms with Crippen molar-refractivity contribution in [1.29, 1.82) is 0 Å². The van der Waals surface area contributed by atoms with E-state index in [1.165, 1.54) is 24.0 Å². The predicted octanol–water partition coefficient (Wildman–Crippen LogP) is 3.39. The van der Waals surface area contributed by atoms with Gasteiger partial charge in [0, 0.05) is 5.92 Å². The molecule has 14 heavy (non-hydrogen) atoms. The van der Waals surface area contributed by atoms with Crippen molar-refractivity contribution in [2.75, 3.05) is 0 Å². The van der Waals surface area contributed by atoms with Gasteiger partial charge in [-0.3, -0.25) is 0 Å². The summed E-state index contributed by atoms with van der Waals surface area (Å²) in [6, 6.07) is 0. The Morgan fingerprint density at radius 2 is 1.86 bits per heavy atom. The maximum Gasteiger partial charge on any atom is 0.503 e. The van der Waals surface area contributed by atoms with E-state index in [9.17, 15) is 0 Å². The van der Waals surface area contributed by atoms with Crippen LogP contribution < -0.4 is 0 Å². The van der Waals surface area contributed by atoms with Gasteiger partial charge in [-0.25, -0.2) is 4.79 Å². The monoisotopic (exact) mass is 198 g/mol. The van der Waals surface area contributed by atoms with Gasteiger partial charge in [-0.05, 0) is 25.7 Å². The summed E-state index contributed by atoms with van der Waals surface area (Å²) in [6.45, 7) is 12.4. The van der Waals surface area contributed by atoms with Crippen LogP contribution in [-0.2, 0) is 0 Å². The summed E-state index contributed by atoms with van der Waals surface area (Å²) in [4.78, 5) is 8.56. The first-order valence-electron chi connectivity index (χ1n) is 4.62. The van der Waals surface area contributed by atoms with Crippen LogP contribution in [0.1, 0.15) is 26.7 Å². The zero-order valence-electron chi connectivity index (χ0n) is 8.79. The number of rotatable bonds is 1. The molecular formula is C11H18O3. The fourth-order valence-corrected chi connectivity index (χ4v) is 1.69. The summed E-state index contributed by atoms with van der Waals surface area (Å²) in [7, 11) is 0. The van der Waals surface area contributed by atoms with E-state index in [2.05, 4.69) is 27.0 Å². The van der Waals surface area contributed by atoms with E-state index in [4.69, 9.17) is 15.0 Å². The minimum atomic E-state index is -1.83. The zero-order chi connectivity index (χ0) is 11.3. The lowest BCUT2D eigenvalue weighted by Gasteiger charge is -2.11. The topological polar surface area (TPSA) is 57.5 Å². The van der Waals surface area contributed by atoms with Gasteiger partial charge in [0.2, 0.25) is 0 Å². The van der Waals surface area contributed by atoms with Gasteiger partial charge in [0.15, 0.2) is 0 Å². The Labute approximate surface area is 84.8 Å². The highest BCUT2D eigenvalue weighted by Crippen LogP contribution is 2.38. The molecule has 1 aliphatic rings. The van der Waals surface area contributed by atoms with Crippen LogP contribution >= 0.6 is 0 Å². The van der Waals surface area contributed by atoms with Gasteiger partial charge in [-0.2, -0.15) is 0 Å². The second-order valence-corrected chi connectivity index (χ2v) is 3.73. The zero-order valence-corrected chi connectivity index (χ0v) is 8.79. The van der Waals surface area contributed by atoms with Crippen molar-refractivity contribution in [1.82, 2.24) is 0 Å². The predicted molar refractivity (Wildman–Crippen MR) is 56.5 cm³/mol. The second kappa shape index (κ2) is 5.47. The van der Waals surface area contributed by atoms with Gasteiger partial charge >= 0.3 is 6.16 Å². The Morgan fingerprint density at radius 3 is 2.00 bits per heavy atom. The summed E-state index contributed by atoms with van der Waals surface area (Å²) in [6.07, 6.45) is 0.742. The molecule has 1 saturated carbocycles. The minimum absolute atomic E-state index is 0.620. The van der Waals surface area contributed by atoms with Crippen LogP contribution in [0.5, 0.6) is 0 Å². The number of hydrogen-bond donors (Lipinski definition) is 2. The summed E-state index contributed by atoms with van der Waals surface area (Å²) >= 11 is 0. The third-order valence-corrected chi connectivity index (χ3v) is 2.56. The highest BCUT2D eigenvalue weighted by atomic mass is 16.6. The molecule has 3 heteroatoms. The van der Waals surface area contributed by atoms with Gasteiger partial charge in [-0.1, -0.05) is 31.2 Å². The fourth-order valence-electron chi connectivity index (χ4n) is 1.69. The minimum Gasteiger partial charge on any atom is -0.450 e. The van der Waals surface area contributed by atoms with Crippen molar-refractivity contribution in [3.8, 4) is 0 Å². The molecule has 0 amide bonds. The van der Waals surface area contributed by atoms with Crippen LogP contribution in [0, 0.1) is 11.8 Å².